The number of carbonyl (C=O) groups is 2. The average Bonchev–Trinajstić information content (AvgIpc) is 3.74. The number of nitrogens with one attached hydrogen (secondary N) is 2. The maximum absolute atomic E-state index is 13.5. The molecule has 10 heteroatoms. The van der Waals surface area contributed by atoms with Crippen molar-refractivity contribution in [3.8, 4) is 5.69 Å². The van der Waals surface area contributed by atoms with E-state index in [0.717, 1.165) is 43.6 Å². The summed E-state index contributed by atoms with van der Waals surface area (Å²) in [6, 6.07) is 17.5. The van der Waals surface area contributed by atoms with E-state index < -0.39 is 11.9 Å². The topological polar surface area (TPSA) is 101 Å². The summed E-state index contributed by atoms with van der Waals surface area (Å²) < 4.78 is 4.30. The van der Waals surface area contributed by atoms with Crippen molar-refractivity contribution in [3.63, 3.8) is 0 Å². The monoisotopic (exact) mass is 535 g/mol. The molecule has 4 aromatic heterocycles. The summed E-state index contributed by atoms with van der Waals surface area (Å²) in [5, 5.41) is 14.0. The lowest BCUT2D eigenvalue weighted by Crippen LogP contribution is -2.48. The Labute approximate surface area is 227 Å². The summed E-state index contributed by atoms with van der Waals surface area (Å²) >= 11 is 1.62. The number of para-hydroxylation sites is 1. The summed E-state index contributed by atoms with van der Waals surface area (Å²) in [5.74, 6) is -0.0327. The molecule has 0 saturated carbocycles. The molecule has 0 spiro atoms. The number of thiophene rings is 1. The second-order valence-electron chi connectivity index (χ2n) is 9.83. The van der Waals surface area contributed by atoms with Crippen LogP contribution in [-0.4, -0.2) is 49.2 Å². The first-order valence-electron chi connectivity index (χ1n) is 12.7. The molecular weight excluding hydrogens is 510 g/mol. The van der Waals surface area contributed by atoms with E-state index in [-0.39, 0.29) is 11.7 Å². The van der Waals surface area contributed by atoms with Gasteiger partial charge in [0, 0.05) is 60.5 Å². The van der Waals surface area contributed by atoms with E-state index in [1.54, 1.807) is 23.3 Å². The average molecular weight is 536 g/mol. The van der Waals surface area contributed by atoms with Crippen LogP contribution in [0.15, 0.2) is 72.4 Å². The summed E-state index contributed by atoms with van der Waals surface area (Å²) in [4.78, 5) is 33.8. The molecule has 194 valence electrons. The highest BCUT2D eigenvalue weighted by atomic mass is 32.1. The molecule has 9 nitrogen and oxygen atoms in total. The minimum atomic E-state index is -0.763. The standard InChI is InChI=1S/C29H25N7O2S/c1-34-16-24(19-8-3-4-9-21(19)34)36-15-17-13-20(29(38)35(2)22-10-5-11-23(36)26(17)22)30-28(37)27-31-25(32-33-27)14-18-7-6-12-39-18/h3-12,15-16,20H,13-14H2,1-2H3,(H,30,37)(H,31,32,33)/t20-/m0/s1. The molecule has 0 unspecified atom stereocenters. The largest absolute Gasteiger partial charge is 0.348 e. The van der Waals surface area contributed by atoms with Crippen molar-refractivity contribution in [1.82, 2.24) is 29.6 Å². The van der Waals surface area contributed by atoms with Crippen molar-refractivity contribution < 1.29 is 9.59 Å². The zero-order chi connectivity index (χ0) is 26.7. The molecule has 0 bridgehead atoms. The van der Waals surface area contributed by atoms with Crippen LogP contribution in [0.25, 0.3) is 27.5 Å². The second kappa shape index (κ2) is 8.95. The number of aromatic amines is 1. The number of H-pyrrole nitrogens is 1. The maximum Gasteiger partial charge on any atom is 0.291 e. The Bertz CT molecular complexity index is 1880. The SMILES string of the molecule is CN1C(=O)[C@@H](NC(=O)c2n[nH]c(Cc3cccs3)n2)Cc2cn(-c3cn(C)c4ccccc34)c3cccc1c23. The highest BCUT2D eigenvalue weighted by Gasteiger charge is 2.33. The van der Waals surface area contributed by atoms with Crippen LogP contribution in [0.1, 0.15) is 26.9 Å². The van der Waals surface area contributed by atoms with Crippen LogP contribution < -0.4 is 10.2 Å². The molecule has 7 rings (SSSR count). The number of benzene rings is 2. The molecule has 0 fully saturated rings. The fourth-order valence-electron chi connectivity index (χ4n) is 5.54. The molecule has 6 aromatic rings. The third kappa shape index (κ3) is 3.83. The van der Waals surface area contributed by atoms with Crippen LogP contribution in [0.5, 0.6) is 0 Å². The molecule has 39 heavy (non-hydrogen) atoms. The number of hydrogen-bond acceptors (Lipinski definition) is 5. The van der Waals surface area contributed by atoms with Gasteiger partial charge in [0.2, 0.25) is 11.7 Å². The number of anilines is 1. The molecular formula is C29H25N7O2S. The maximum atomic E-state index is 13.5. The summed E-state index contributed by atoms with van der Waals surface area (Å²) in [5.41, 5.74) is 5.03. The number of rotatable bonds is 5. The van der Waals surface area contributed by atoms with Gasteiger partial charge < -0.3 is 19.4 Å². The van der Waals surface area contributed by atoms with Crippen LogP contribution >= 0.6 is 11.3 Å². The first-order valence-corrected chi connectivity index (χ1v) is 13.6. The van der Waals surface area contributed by atoms with Gasteiger partial charge in [-0.3, -0.25) is 14.7 Å². The molecule has 0 aliphatic carbocycles. The number of hydrogen-bond donors (Lipinski definition) is 2. The Hall–Kier alpha value is -4.70. The Morgan fingerprint density at radius 2 is 1.90 bits per heavy atom. The van der Waals surface area contributed by atoms with E-state index in [4.69, 9.17) is 0 Å². The Morgan fingerprint density at radius 3 is 2.74 bits per heavy atom. The van der Waals surface area contributed by atoms with Crippen LogP contribution in [-0.2, 0) is 24.7 Å². The number of amides is 2. The van der Waals surface area contributed by atoms with Crippen LogP contribution in [0.4, 0.5) is 5.69 Å². The van der Waals surface area contributed by atoms with Gasteiger partial charge in [-0.05, 0) is 35.2 Å². The van der Waals surface area contributed by atoms with Gasteiger partial charge in [-0.2, -0.15) is 0 Å². The number of nitrogens with zero attached hydrogens (tertiary/aromatic N) is 5. The molecule has 1 aliphatic rings. The van der Waals surface area contributed by atoms with E-state index in [1.165, 1.54) is 0 Å². The number of likely N-dealkylation sites (N-methyl/N-ethyl adjacent to an activating group) is 1. The van der Waals surface area contributed by atoms with Gasteiger partial charge in [-0.15, -0.1) is 16.4 Å². The minimum Gasteiger partial charge on any atom is -0.348 e. The normalized spacial score (nSPS) is 15.3. The van der Waals surface area contributed by atoms with E-state index in [9.17, 15) is 9.59 Å². The van der Waals surface area contributed by atoms with Gasteiger partial charge in [-0.25, -0.2) is 4.98 Å². The second-order valence-corrected chi connectivity index (χ2v) is 10.9. The van der Waals surface area contributed by atoms with Crippen molar-refractivity contribution in [1.29, 1.82) is 0 Å². The van der Waals surface area contributed by atoms with Crippen LogP contribution in [0.2, 0.25) is 0 Å². The summed E-state index contributed by atoms with van der Waals surface area (Å²) in [7, 11) is 3.80. The quantitative estimate of drug-likeness (QED) is 0.345. The third-order valence-electron chi connectivity index (χ3n) is 7.40. The van der Waals surface area contributed by atoms with Crippen LogP contribution in [0, 0.1) is 0 Å². The van der Waals surface area contributed by atoms with Gasteiger partial charge in [0.05, 0.1) is 16.9 Å². The fourth-order valence-corrected chi connectivity index (χ4v) is 6.25. The van der Waals surface area contributed by atoms with Gasteiger partial charge >= 0.3 is 0 Å². The van der Waals surface area contributed by atoms with Crippen molar-refractivity contribution >= 4 is 50.6 Å². The summed E-state index contributed by atoms with van der Waals surface area (Å²) in [6.45, 7) is 0. The van der Waals surface area contributed by atoms with Crippen molar-refractivity contribution in [2.75, 3.05) is 11.9 Å². The lowest BCUT2D eigenvalue weighted by Gasteiger charge is -2.22. The fraction of sp³-hybridized carbons (Fsp3) is 0.172. The number of fused-ring (bicyclic) bond motifs is 1. The third-order valence-corrected chi connectivity index (χ3v) is 8.27. The lowest BCUT2D eigenvalue weighted by molar-refractivity contribution is -0.120. The zero-order valence-electron chi connectivity index (χ0n) is 21.4. The van der Waals surface area contributed by atoms with Crippen LogP contribution in [0.3, 0.4) is 0 Å². The van der Waals surface area contributed by atoms with Crippen molar-refractivity contribution in [2.24, 2.45) is 7.05 Å². The van der Waals surface area contributed by atoms with Gasteiger partial charge in [0.15, 0.2) is 0 Å². The van der Waals surface area contributed by atoms with E-state index in [1.807, 2.05) is 48.8 Å². The van der Waals surface area contributed by atoms with E-state index in [2.05, 4.69) is 60.2 Å². The molecule has 0 radical (unpaired) electrons. The molecule has 1 atom stereocenters. The molecule has 2 amide bonds. The van der Waals surface area contributed by atoms with E-state index >= 15 is 0 Å². The highest BCUT2D eigenvalue weighted by molar-refractivity contribution is 7.09. The Morgan fingerprint density at radius 1 is 1.05 bits per heavy atom. The smallest absolute Gasteiger partial charge is 0.291 e. The van der Waals surface area contributed by atoms with Gasteiger partial charge in [0.25, 0.3) is 5.91 Å². The number of carbonyl (C=O) groups excluding carboxylic acids is 2. The predicted octanol–water partition coefficient (Wildman–Crippen LogP) is 4.21. The lowest BCUT2D eigenvalue weighted by atomic mass is 10.1. The van der Waals surface area contributed by atoms with Gasteiger partial charge in [0.1, 0.15) is 11.9 Å². The predicted molar refractivity (Wildman–Crippen MR) is 152 cm³/mol. The zero-order valence-corrected chi connectivity index (χ0v) is 22.2. The van der Waals surface area contributed by atoms with Crippen molar-refractivity contribution in [3.05, 3.63) is 94.5 Å². The minimum absolute atomic E-state index is 0.0252. The molecule has 5 heterocycles. The molecule has 1 aliphatic heterocycles. The first-order chi connectivity index (χ1) is 19.0. The Kier molecular flexibility index (Phi) is 5.38. The number of aryl methyl sites for hydroxylation is 1. The van der Waals surface area contributed by atoms with Gasteiger partial charge in [-0.1, -0.05) is 30.3 Å². The molecule has 2 aromatic carbocycles. The van der Waals surface area contributed by atoms with Crippen molar-refractivity contribution in [2.45, 2.75) is 18.9 Å². The van der Waals surface area contributed by atoms with E-state index in [0.29, 0.717) is 18.7 Å². The Balaban J connectivity index is 1.24. The highest BCUT2D eigenvalue weighted by Crippen LogP contribution is 2.37. The summed E-state index contributed by atoms with van der Waals surface area (Å²) in [6.07, 6.45) is 5.13. The number of aromatic nitrogens is 5. The first kappa shape index (κ1) is 23.4. The molecule has 2 N–H and O–H groups in total. The molecule has 0 saturated heterocycles.